The molecule has 25 heavy (non-hydrogen) atoms. The molecule has 2 aromatic carbocycles. The second kappa shape index (κ2) is 6.51. The summed E-state index contributed by atoms with van der Waals surface area (Å²) < 4.78 is 40.0. The van der Waals surface area contributed by atoms with Gasteiger partial charge in [-0.15, -0.1) is 5.10 Å². The summed E-state index contributed by atoms with van der Waals surface area (Å²) in [5, 5.41) is 7.31. The van der Waals surface area contributed by atoms with Gasteiger partial charge in [0.15, 0.2) is 5.69 Å². The Hall–Kier alpha value is -2.96. The van der Waals surface area contributed by atoms with Crippen LogP contribution >= 0.6 is 0 Å². The second-order valence-corrected chi connectivity index (χ2v) is 5.62. The van der Waals surface area contributed by atoms with Gasteiger partial charge in [-0.05, 0) is 12.5 Å². The number of ketones is 1. The molecule has 0 fully saturated rings. The van der Waals surface area contributed by atoms with Crippen LogP contribution in [0.4, 0.5) is 13.2 Å². The fraction of sp³-hybridized carbons (Fsp3) is 0.167. The molecule has 3 rings (SSSR count). The number of benzene rings is 2. The molecule has 0 spiro atoms. The molecule has 4 nitrogen and oxygen atoms in total. The van der Waals surface area contributed by atoms with E-state index in [-0.39, 0.29) is 12.2 Å². The van der Waals surface area contributed by atoms with Crippen molar-refractivity contribution in [3.63, 3.8) is 0 Å². The molecule has 1 aromatic heterocycles. The maximum absolute atomic E-state index is 12.9. The van der Waals surface area contributed by atoms with Gasteiger partial charge in [-0.3, -0.25) is 4.79 Å². The van der Waals surface area contributed by atoms with Crippen molar-refractivity contribution >= 4 is 5.78 Å². The standard InChI is InChI=1S/C18H14F3N3O/c1-12-7-9-13(10-8-12)11-24-16(14-5-3-2-4-6-14)15(22-23-24)17(25)18(19,20)21/h2-10H,11H2,1H3. The molecule has 0 aliphatic carbocycles. The summed E-state index contributed by atoms with van der Waals surface area (Å²) in [4.78, 5) is 11.7. The highest BCUT2D eigenvalue weighted by Crippen LogP contribution is 2.28. The molecule has 0 unspecified atom stereocenters. The summed E-state index contributed by atoms with van der Waals surface area (Å²) in [5.41, 5.74) is 1.73. The maximum atomic E-state index is 12.9. The van der Waals surface area contributed by atoms with Gasteiger partial charge in [0.1, 0.15) is 5.69 Å². The highest BCUT2D eigenvalue weighted by atomic mass is 19.4. The SMILES string of the molecule is Cc1ccc(Cn2nnc(C(=O)C(F)(F)F)c2-c2ccccc2)cc1. The van der Waals surface area contributed by atoms with Gasteiger partial charge in [0, 0.05) is 5.56 Å². The molecule has 0 aliphatic rings. The topological polar surface area (TPSA) is 47.8 Å². The number of halogens is 3. The van der Waals surface area contributed by atoms with Crippen LogP contribution in [0.5, 0.6) is 0 Å². The molecule has 0 amide bonds. The van der Waals surface area contributed by atoms with Crippen LogP contribution in [-0.2, 0) is 6.54 Å². The molecule has 7 heteroatoms. The van der Waals surface area contributed by atoms with Crippen molar-refractivity contribution in [3.05, 3.63) is 71.4 Å². The van der Waals surface area contributed by atoms with Crippen LogP contribution < -0.4 is 0 Å². The molecular formula is C18H14F3N3O. The number of rotatable bonds is 4. The largest absolute Gasteiger partial charge is 0.456 e. The zero-order chi connectivity index (χ0) is 18.0. The second-order valence-electron chi connectivity index (χ2n) is 5.62. The maximum Gasteiger partial charge on any atom is 0.456 e. The third-order valence-corrected chi connectivity index (χ3v) is 3.71. The van der Waals surface area contributed by atoms with Crippen molar-refractivity contribution < 1.29 is 18.0 Å². The predicted molar refractivity (Wildman–Crippen MR) is 86.1 cm³/mol. The summed E-state index contributed by atoms with van der Waals surface area (Å²) in [5.74, 6) is -2.00. The third kappa shape index (κ3) is 3.60. The monoisotopic (exact) mass is 345 g/mol. The van der Waals surface area contributed by atoms with E-state index >= 15 is 0 Å². The molecule has 0 aliphatic heterocycles. The highest BCUT2D eigenvalue weighted by molar-refractivity contribution is 6.03. The molecule has 0 radical (unpaired) electrons. The Morgan fingerprint density at radius 3 is 2.28 bits per heavy atom. The van der Waals surface area contributed by atoms with Crippen molar-refractivity contribution in [1.82, 2.24) is 15.0 Å². The van der Waals surface area contributed by atoms with Crippen LogP contribution in [0.25, 0.3) is 11.3 Å². The van der Waals surface area contributed by atoms with Crippen molar-refractivity contribution in [1.29, 1.82) is 0 Å². The molecule has 0 atom stereocenters. The predicted octanol–water partition coefficient (Wildman–Crippen LogP) is 4.05. The fourth-order valence-electron chi connectivity index (χ4n) is 2.46. The van der Waals surface area contributed by atoms with Gasteiger partial charge >= 0.3 is 6.18 Å². The van der Waals surface area contributed by atoms with E-state index in [1.54, 1.807) is 30.3 Å². The first-order chi connectivity index (χ1) is 11.9. The van der Waals surface area contributed by atoms with Crippen LogP contribution in [0.2, 0.25) is 0 Å². The number of alkyl halides is 3. The van der Waals surface area contributed by atoms with E-state index in [2.05, 4.69) is 10.3 Å². The van der Waals surface area contributed by atoms with Crippen molar-refractivity contribution in [3.8, 4) is 11.3 Å². The summed E-state index contributed by atoms with van der Waals surface area (Å²) in [6.45, 7) is 2.15. The normalized spacial score (nSPS) is 11.5. The fourth-order valence-corrected chi connectivity index (χ4v) is 2.46. The first-order valence-corrected chi connectivity index (χ1v) is 7.52. The quantitative estimate of drug-likeness (QED) is 0.670. The van der Waals surface area contributed by atoms with Crippen LogP contribution in [-0.4, -0.2) is 27.0 Å². The van der Waals surface area contributed by atoms with Gasteiger partial charge in [-0.25, -0.2) is 4.68 Å². The van der Waals surface area contributed by atoms with Crippen LogP contribution in [0.3, 0.4) is 0 Å². The zero-order valence-corrected chi connectivity index (χ0v) is 13.3. The third-order valence-electron chi connectivity index (χ3n) is 3.71. The zero-order valence-electron chi connectivity index (χ0n) is 13.3. The lowest BCUT2D eigenvalue weighted by Gasteiger charge is -2.09. The first-order valence-electron chi connectivity index (χ1n) is 7.52. The van der Waals surface area contributed by atoms with E-state index in [4.69, 9.17) is 0 Å². The Morgan fingerprint density at radius 1 is 1.04 bits per heavy atom. The Bertz CT molecular complexity index is 884. The van der Waals surface area contributed by atoms with E-state index in [9.17, 15) is 18.0 Å². The van der Waals surface area contributed by atoms with Crippen molar-refractivity contribution in [2.45, 2.75) is 19.6 Å². The minimum Gasteiger partial charge on any atom is -0.282 e. The lowest BCUT2D eigenvalue weighted by Crippen LogP contribution is -2.24. The van der Waals surface area contributed by atoms with Gasteiger partial charge in [-0.1, -0.05) is 65.4 Å². The number of carbonyl (C=O) groups excluding carboxylic acids is 1. The van der Waals surface area contributed by atoms with Crippen LogP contribution in [0, 0.1) is 6.92 Å². The van der Waals surface area contributed by atoms with Gasteiger partial charge < -0.3 is 0 Å². The summed E-state index contributed by atoms with van der Waals surface area (Å²) in [6, 6.07) is 15.9. The molecule has 0 N–H and O–H groups in total. The smallest absolute Gasteiger partial charge is 0.282 e. The molecule has 0 saturated heterocycles. The summed E-state index contributed by atoms with van der Waals surface area (Å²) in [6.07, 6.45) is -5.01. The first kappa shape index (κ1) is 16.9. The molecule has 1 heterocycles. The highest BCUT2D eigenvalue weighted by Gasteiger charge is 2.43. The molecular weight excluding hydrogens is 331 g/mol. The summed E-state index contributed by atoms with van der Waals surface area (Å²) >= 11 is 0. The van der Waals surface area contributed by atoms with E-state index in [0.717, 1.165) is 11.1 Å². The summed E-state index contributed by atoms with van der Waals surface area (Å²) in [7, 11) is 0. The van der Waals surface area contributed by atoms with Gasteiger partial charge in [0.05, 0.1) is 6.54 Å². The molecule has 0 bridgehead atoms. The minimum atomic E-state index is -5.01. The van der Waals surface area contributed by atoms with Crippen molar-refractivity contribution in [2.75, 3.05) is 0 Å². The molecule has 3 aromatic rings. The molecule has 0 saturated carbocycles. The number of aryl methyl sites for hydroxylation is 1. The lowest BCUT2D eigenvalue weighted by molar-refractivity contribution is -0.0887. The Kier molecular flexibility index (Phi) is 4.39. The average Bonchev–Trinajstić information content (AvgIpc) is 2.99. The number of hydrogen-bond acceptors (Lipinski definition) is 3. The average molecular weight is 345 g/mol. The van der Waals surface area contributed by atoms with Gasteiger partial charge in [-0.2, -0.15) is 13.2 Å². The molecule has 128 valence electrons. The lowest BCUT2D eigenvalue weighted by atomic mass is 10.1. The Morgan fingerprint density at radius 2 is 1.68 bits per heavy atom. The van der Waals surface area contributed by atoms with E-state index in [0.29, 0.717) is 5.56 Å². The van der Waals surface area contributed by atoms with Crippen molar-refractivity contribution in [2.24, 2.45) is 0 Å². The van der Waals surface area contributed by atoms with Gasteiger partial charge in [0.2, 0.25) is 0 Å². The van der Waals surface area contributed by atoms with E-state index in [1.807, 2.05) is 31.2 Å². The Labute approximate surface area is 141 Å². The van der Waals surface area contributed by atoms with Gasteiger partial charge in [0.25, 0.3) is 5.78 Å². The number of hydrogen-bond donors (Lipinski definition) is 0. The van der Waals surface area contributed by atoms with Crippen LogP contribution in [0.1, 0.15) is 21.6 Å². The minimum absolute atomic E-state index is 0.0588. The van der Waals surface area contributed by atoms with E-state index < -0.39 is 17.7 Å². The van der Waals surface area contributed by atoms with E-state index in [1.165, 1.54) is 4.68 Å². The van der Waals surface area contributed by atoms with Crippen LogP contribution in [0.15, 0.2) is 54.6 Å². The number of aromatic nitrogens is 3. The number of carbonyl (C=O) groups is 1. The number of nitrogens with zero attached hydrogens (tertiary/aromatic N) is 3. The Balaban J connectivity index is 2.08. The number of Topliss-reactive ketones (excluding diaryl/α,β-unsaturated/α-hetero) is 1.